The lowest BCUT2D eigenvalue weighted by Gasteiger charge is -2.07. The van der Waals surface area contributed by atoms with Crippen LogP contribution in [0.15, 0.2) is 24.3 Å². The number of hydrogen-bond donors (Lipinski definition) is 1. The molecule has 1 aromatic heterocycles. The Morgan fingerprint density at radius 2 is 2.22 bits per heavy atom. The normalized spacial score (nSPS) is 15.0. The summed E-state index contributed by atoms with van der Waals surface area (Å²) in [5.74, 6) is 0.628. The second kappa shape index (κ2) is 4.53. The van der Waals surface area contributed by atoms with E-state index in [-0.39, 0.29) is 0 Å². The lowest BCUT2D eigenvalue weighted by Crippen LogP contribution is -2.08. The molecule has 2 N–H and O–H groups in total. The second-order valence-corrected chi connectivity index (χ2v) is 5.05. The predicted octanol–water partition coefficient (Wildman–Crippen LogP) is 1.97. The van der Waals surface area contributed by atoms with Crippen LogP contribution in [0.4, 0.5) is 0 Å². The predicted molar refractivity (Wildman–Crippen MR) is 70.2 cm³/mol. The van der Waals surface area contributed by atoms with Gasteiger partial charge in [-0.2, -0.15) is 0 Å². The minimum absolute atomic E-state index is 0.486. The fraction of sp³-hybridized carbons (Fsp3) is 0.429. The van der Waals surface area contributed by atoms with E-state index in [2.05, 4.69) is 41.5 Å². The van der Waals surface area contributed by atoms with Crippen LogP contribution in [0.1, 0.15) is 41.3 Å². The molecule has 1 aliphatic carbocycles. The molecule has 1 aliphatic rings. The fourth-order valence-corrected chi connectivity index (χ4v) is 2.41. The zero-order valence-corrected chi connectivity index (χ0v) is 10.6. The lowest BCUT2D eigenvalue weighted by molar-refractivity contribution is 0.619. The Morgan fingerprint density at radius 3 is 2.89 bits per heavy atom. The maximum atomic E-state index is 5.73. The first-order valence-corrected chi connectivity index (χ1v) is 6.46. The van der Waals surface area contributed by atoms with Gasteiger partial charge in [-0.1, -0.05) is 35.0 Å². The van der Waals surface area contributed by atoms with Crippen molar-refractivity contribution in [1.82, 2.24) is 15.0 Å². The molecular formula is C14H18N4. The number of nitrogens with zero attached hydrogens (tertiary/aromatic N) is 3. The maximum Gasteiger partial charge on any atom is 0.0997 e. The molecule has 94 valence electrons. The standard InChI is InChI=1S/C14H18N4/c1-10-3-2-4-11(7-10)9-18-14(12-5-6-12)13(8-15)16-17-18/h2-4,7,12H,5-6,8-9,15H2,1H3. The van der Waals surface area contributed by atoms with Gasteiger partial charge in [-0.05, 0) is 25.3 Å². The Kier molecular flexibility index (Phi) is 2.88. The highest BCUT2D eigenvalue weighted by atomic mass is 15.4. The largest absolute Gasteiger partial charge is 0.325 e. The van der Waals surface area contributed by atoms with E-state index in [0.717, 1.165) is 12.2 Å². The van der Waals surface area contributed by atoms with Crippen molar-refractivity contribution in [2.24, 2.45) is 5.73 Å². The van der Waals surface area contributed by atoms with Crippen LogP contribution >= 0.6 is 0 Å². The SMILES string of the molecule is Cc1cccc(Cn2nnc(CN)c2C2CC2)c1. The van der Waals surface area contributed by atoms with Crippen molar-refractivity contribution in [3.63, 3.8) is 0 Å². The highest BCUT2D eigenvalue weighted by molar-refractivity contribution is 5.25. The first kappa shape index (κ1) is 11.4. The summed E-state index contributed by atoms with van der Waals surface area (Å²) in [5, 5.41) is 8.46. The summed E-state index contributed by atoms with van der Waals surface area (Å²) in [6, 6.07) is 8.52. The van der Waals surface area contributed by atoms with Crippen LogP contribution in [-0.4, -0.2) is 15.0 Å². The first-order chi connectivity index (χ1) is 8.78. The molecule has 1 heterocycles. The summed E-state index contributed by atoms with van der Waals surface area (Å²) in [6.45, 7) is 3.39. The van der Waals surface area contributed by atoms with E-state index >= 15 is 0 Å². The molecule has 3 rings (SSSR count). The molecule has 1 fully saturated rings. The zero-order chi connectivity index (χ0) is 12.5. The third-order valence-corrected chi connectivity index (χ3v) is 3.42. The van der Waals surface area contributed by atoms with Gasteiger partial charge in [0.15, 0.2) is 0 Å². The van der Waals surface area contributed by atoms with E-state index in [1.807, 2.05) is 4.68 Å². The molecule has 0 aliphatic heterocycles. The third kappa shape index (κ3) is 2.16. The minimum atomic E-state index is 0.486. The summed E-state index contributed by atoms with van der Waals surface area (Å²) in [7, 11) is 0. The van der Waals surface area contributed by atoms with Gasteiger partial charge in [0.25, 0.3) is 0 Å². The van der Waals surface area contributed by atoms with Crippen molar-refractivity contribution < 1.29 is 0 Å². The summed E-state index contributed by atoms with van der Waals surface area (Å²) in [4.78, 5) is 0. The minimum Gasteiger partial charge on any atom is -0.325 e. The lowest BCUT2D eigenvalue weighted by atomic mass is 10.1. The van der Waals surface area contributed by atoms with Gasteiger partial charge in [0.1, 0.15) is 0 Å². The molecule has 0 spiro atoms. The second-order valence-electron chi connectivity index (χ2n) is 5.05. The number of hydrogen-bond acceptors (Lipinski definition) is 3. The van der Waals surface area contributed by atoms with Gasteiger partial charge in [0, 0.05) is 12.5 Å². The monoisotopic (exact) mass is 242 g/mol. The number of rotatable bonds is 4. The van der Waals surface area contributed by atoms with Gasteiger partial charge in [-0.3, -0.25) is 0 Å². The van der Waals surface area contributed by atoms with Crippen molar-refractivity contribution in [3.05, 3.63) is 46.8 Å². The summed E-state index contributed by atoms with van der Waals surface area (Å²) in [5.41, 5.74) is 10.5. The van der Waals surface area contributed by atoms with E-state index in [4.69, 9.17) is 5.73 Å². The number of nitrogens with two attached hydrogens (primary N) is 1. The average molecular weight is 242 g/mol. The van der Waals surface area contributed by atoms with E-state index in [1.54, 1.807) is 0 Å². The van der Waals surface area contributed by atoms with Crippen LogP contribution in [0.5, 0.6) is 0 Å². The summed E-state index contributed by atoms with van der Waals surface area (Å²) in [6.07, 6.45) is 2.49. The Balaban J connectivity index is 1.90. The molecule has 0 amide bonds. The molecule has 18 heavy (non-hydrogen) atoms. The highest BCUT2D eigenvalue weighted by Gasteiger charge is 2.30. The number of aryl methyl sites for hydroxylation is 1. The average Bonchev–Trinajstić information content (AvgIpc) is 3.11. The fourth-order valence-electron chi connectivity index (χ4n) is 2.41. The highest BCUT2D eigenvalue weighted by Crippen LogP contribution is 2.41. The molecule has 0 unspecified atom stereocenters. The van der Waals surface area contributed by atoms with Gasteiger partial charge >= 0.3 is 0 Å². The molecular weight excluding hydrogens is 224 g/mol. The van der Waals surface area contributed by atoms with Crippen molar-refractivity contribution in [1.29, 1.82) is 0 Å². The molecule has 0 atom stereocenters. The van der Waals surface area contributed by atoms with Gasteiger partial charge < -0.3 is 5.73 Å². The molecule has 1 saturated carbocycles. The van der Waals surface area contributed by atoms with Crippen LogP contribution in [-0.2, 0) is 13.1 Å². The molecule has 4 heteroatoms. The Morgan fingerprint density at radius 1 is 1.39 bits per heavy atom. The van der Waals surface area contributed by atoms with Gasteiger partial charge in [-0.25, -0.2) is 4.68 Å². The molecule has 2 aromatic rings. The summed E-state index contributed by atoms with van der Waals surface area (Å²) >= 11 is 0. The smallest absolute Gasteiger partial charge is 0.0997 e. The Hall–Kier alpha value is -1.68. The van der Waals surface area contributed by atoms with E-state index in [0.29, 0.717) is 12.5 Å². The molecule has 1 aromatic carbocycles. The zero-order valence-electron chi connectivity index (χ0n) is 10.6. The molecule has 0 saturated heterocycles. The van der Waals surface area contributed by atoms with Crippen LogP contribution in [0, 0.1) is 6.92 Å². The Labute approximate surface area is 107 Å². The van der Waals surface area contributed by atoms with Crippen LogP contribution < -0.4 is 5.73 Å². The first-order valence-electron chi connectivity index (χ1n) is 6.46. The van der Waals surface area contributed by atoms with Crippen molar-refractivity contribution >= 4 is 0 Å². The number of aromatic nitrogens is 3. The van der Waals surface area contributed by atoms with E-state index < -0.39 is 0 Å². The quantitative estimate of drug-likeness (QED) is 0.891. The van der Waals surface area contributed by atoms with Gasteiger partial charge in [0.2, 0.25) is 0 Å². The van der Waals surface area contributed by atoms with E-state index in [1.165, 1.54) is 29.7 Å². The molecule has 0 bridgehead atoms. The van der Waals surface area contributed by atoms with Gasteiger partial charge in [0.05, 0.1) is 17.9 Å². The topological polar surface area (TPSA) is 56.7 Å². The van der Waals surface area contributed by atoms with Crippen LogP contribution in [0.3, 0.4) is 0 Å². The van der Waals surface area contributed by atoms with Crippen molar-refractivity contribution in [2.45, 2.75) is 38.8 Å². The van der Waals surface area contributed by atoms with Crippen molar-refractivity contribution in [2.75, 3.05) is 0 Å². The molecule has 0 radical (unpaired) electrons. The molecule has 4 nitrogen and oxygen atoms in total. The maximum absolute atomic E-state index is 5.73. The van der Waals surface area contributed by atoms with Gasteiger partial charge in [-0.15, -0.1) is 5.10 Å². The third-order valence-electron chi connectivity index (χ3n) is 3.42. The summed E-state index contributed by atoms with van der Waals surface area (Å²) < 4.78 is 2.02. The number of benzene rings is 1. The van der Waals surface area contributed by atoms with Crippen LogP contribution in [0.2, 0.25) is 0 Å². The van der Waals surface area contributed by atoms with Crippen LogP contribution in [0.25, 0.3) is 0 Å². The Bertz CT molecular complexity index is 555. The van der Waals surface area contributed by atoms with Crippen molar-refractivity contribution in [3.8, 4) is 0 Å². The van der Waals surface area contributed by atoms with E-state index in [9.17, 15) is 0 Å².